The number of aliphatic hydroxyl groups is 1. The molecule has 0 unspecified atom stereocenters. The van der Waals surface area contributed by atoms with Gasteiger partial charge in [-0.05, 0) is 42.4 Å². The molecule has 82 valence electrons. The standard InChI is InChI=1S/C14H20O/c1-11-9-12(10-15)7-8-14(11)13-5-3-2-4-6-13/h7-9,13,15H,2-6,10H2,1H3. The lowest BCUT2D eigenvalue weighted by Crippen LogP contribution is -2.06. The van der Waals surface area contributed by atoms with Crippen LogP contribution in [0.3, 0.4) is 0 Å². The quantitative estimate of drug-likeness (QED) is 0.781. The van der Waals surface area contributed by atoms with Crippen LogP contribution < -0.4 is 0 Å². The summed E-state index contributed by atoms with van der Waals surface area (Å²) in [6.45, 7) is 2.33. The molecule has 1 nitrogen and oxygen atoms in total. The first-order valence-electron chi connectivity index (χ1n) is 6.01. The van der Waals surface area contributed by atoms with Gasteiger partial charge in [-0.15, -0.1) is 0 Å². The van der Waals surface area contributed by atoms with Gasteiger partial charge >= 0.3 is 0 Å². The van der Waals surface area contributed by atoms with Gasteiger partial charge in [0.1, 0.15) is 0 Å². The molecule has 1 aliphatic rings. The molecule has 0 amide bonds. The molecule has 1 aromatic carbocycles. The van der Waals surface area contributed by atoms with Crippen LogP contribution in [0.25, 0.3) is 0 Å². The first-order valence-corrected chi connectivity index (χ1v) is 6.01. The molecule has 1 saturated carbocycles. The number of hydrogen-bond donors (Lipinski definition) is 1. The number of aryl methyl sites for hydroxylation is 1. The minimum atomic E-state index is 0.159. The van der Waals surface area contributed by atoms with E-state index in [9.17, 15) is 0 Å². The summed E-state index contributed by atoms with van der Waals surface area (Å²) in [5, 5.41) is 9.06. The maximum absolute atomic E-state index is 9.06. The lowest BCUT2D eigenvalue weighted by molar-refractivity contribution is 0.281. The molecule has 0 saturated heterocycles. The van der Waals surface area contributed by atoms with Crippen molar-refractivity contribution in [2.75, 3.05) is 0 Å². The van der Waals surface area contributed by atoms with Crippen molar-refractivity contribution in [3.8, 4) is 0 Å². The van der Waals surface area contributed by atoms with Crippen molar-refractivity contribution >= 4 is 0 Å². The van der Waals surface area contributed by atoms with Crippen LogP contribution in [0.1, 0.15) is 54.7 Å². The van der Waals surface area contributed by atoms with Crippen LogP contribution in [0.4, 0.5) is 0 Å². The molecule has 0 aromatic heterocycles. The number of benzene rings is 1. The van der Waals surface area contributed by atoms with E-state index in [0.717, 1.165) is 11.5 Å². The van der Waals surface area contributed by atoms with Crippen molar-refractivity contribution in [3.05, 3.63) is 34.9 Å². The Morgan fingerprint density at radius 3 is 2.53 bits per heavy atom. The van der Waals surface area contributed by atoms with Crippen molar-refractivity contribution in [1.82, 2.24) is 0 Å². The van der Waals surface area contributed by atoms with E-state index in [0.29, 0.717) is 0 Å². The summed E-state index contributed by atoms with van der Waals surface area (Å²) in [7, 11) is 0. The molecule has 0 aliphatic heterocycles. The highest BCUT2D eigenvalue weighted by atomic mass is 16.3. The molecule has 0 spiro atoms. The van der Waals surface area contributed by atoms with Gasteiger partial charge in [-0.25, -0.2) is 0 Å². The van der Waals surface area contributed by atoms with Gasteiger partial charge in [-0.2, -0.15) is 0 Å². The van der Waals surface area contributed by atoms with Crippen molar-refractivity contribution < 1.29 is 5.11 Å². The lowest BCUT2D eigenvalue weighted by atomic mass is 9.82. The molecule has 0 radical (unpaired) electrons. The van der Waals surface area contributed by atoms with E-state index in [1.165, 1.54) is 43.2 Å². The largest absolute Gasteiger partial charge is 0.392 e. The zero-order valence-electron chi connectivity index (χ0n) is 9.50. The van der Waals surface area contributed by atoms with E-state index < -0.39 is 0 Å². The molecule has 2 rings (SSSR count). The van der Waals surface area contributed by atoms with E-state index >= 15 is 0 Å². The van der Waals surface area contributed by atoms with Gasteiger partial charge in [0.05, 0.1) is 6.61 Å². The van der Waals surface area contributed by atoms with Crippen LogP contribution in [0.15, 0.2) is 18.2 Å². The predicted octanol–water partition coefficient (Wildman–Crippen LogP) is 3.54. The summed E-state index contributed by atoms with van der Waals surface area (Å²) in [5.74, 6) is 0.770. The second-order valence-corrected chi connectivity index (χ2v) is 4.68. The minimum absolute atomic E-state index is 0.159. The minimum Gasteiger partial charge on any atom is -0.392 e. The Kier molecular flexibility index (Phi) is 3.42. The predicted molar refractivity (Wildman–Crippen MR) is 62.9 cm³/mol. The van der Waals surface area contributed by atoms with Crippen molar-refractivity contribution in [2.45, 2.75) is 51.6 Å². The van der Waals surface area contributed by atoms with Crippen LogP contribution in [-0.4, -0.2) is 5.11 Å². The fourth-order valence-corrected chi connectivity index (χ4v) is 2.71. The zero-order chi connectivity index (χ0) is 10.7. The van der Waals surface area contributed by atoms with Gasteiger partial charge in [-0.1, -0.05) is 37.5 Å². The van der Waals surface area contributed by atoms with Crippen molar-refractivity contribution in [3.63, 3.8) is 0 Å². The van der Waals surface area contributed by atoms with E-state index in [1.807, 2.05) is 0 Å². The highest BCUT2D eigenvalue weighted by molar-refractivity contribution is 5.33. The third-order valence-electron chi connectivity index (χ3n) is 3.56. The Morgan fingerprint density at radius 2 is 1.93 bits per heavy atom. The Bertz CT molecular complexity index is 324. The fourth-order valence-electron chi connectivity index (χ4n) is 2.71. The highest BCUT2D eigenvalue weighted by Crippen LogP contribution is 2.34. The number of hydrogen-bond acceptors (Lipinski definition) is 1. The Labute approximate surface area is 92.1 Å². The second kappa shape index (κ2) is 4.80. The van der Waals surface area contributed by atoms with E-state index in [1.54, 1.807) is 0 Å². The number of rotatable bonds is 2. The van der Waals surface area contributed by atoms with Gasteiger partial charge in [0.2, 0.25) is 0 Å². The first-order chi connectivity index (χ1) is 7.31. The van der Waals surface area contributed by atoms with Gasteiger partial charge in [-0.3, -0.25) is 0 Å². The second-order valence-electron chi connectivity index (χ2n) is 4.68. The molecule has 1 N–H and O–H groups in total. The smallest absolute Gasteiger partial charge is 0.0681 e. The Morgan fingerprint density at radius 1 is 1.20 bits per heavy atom. The van der Waals surface area contributed by atoms with Crippen molar-refractivity contribution in [2.24, 2.45) is 0 Å². The summed E-state index contributed by atoms with van der Waals surface area (Å²) in [4.78, 5) is 0. The van der Waals surface area contributed by atoms with Crippen LogP contribution >= 0.6 is 0 Å². The Hall–Kier alpha value is -0.820. The monoisotopic (exact) mass is 204 g/mol. The SMILES string of the molecule is Cc1cc(CO)ccc1C1CCCCC1. The van der Waals surface area contributed by atoms with Gasteiger partial charge < -0.3 is 5.11 Å². The highest BCUT2D eigenvalue weighted by Gasteiger charge is 2.16. The molecule has 1 aliphatic carbocycles. The fraction of sp³-hybridized carbons (Fsp3) is 0.571. The molecule has 0 atom stereocenters. The molecule has 0 bridgehead atoms. The third kappa shape index (κ3) is 2.40. The average Bonchev–Trinajstić information content (AvgIpc) is 2.30. The van der Waals surface area contributed by atoms with Crippen LogP contribution in [0, 0.1) is 6.92 Å². The maximum Gasteiger partial charge on any atom is 0.0681 e. The lowest BCUT2D eigenvalue weighted by Gasteiger charge is -2.23. The summed E-state index contributed by atoms with van der Waals surface area (Å²) >= 11 is 0. The summed E-state index contributed by atoms with van der Waals surface area (Å²) < 4.78 is 0. The van der Waals surface area contributed by atoms with Crippen LogP contribution in [-0.2, 0) is 6.61 Å². The normalized spacial score (nSPS) is 18.0. The zero-order valence-corrected chi connectivity index (χ0v) is 9.50. The topological polar surface area (TPSA) is 20.2 Å². The van der Waals surface area contributed by atoms with Crippen LogP contribution in [0.2, 0.25) is 0 Å². The molecular formula is C14H20O. The first kappa shape index (κ1) is 10.7. The molecular weight excluding hydrogens is 184 g/mol. The summed E-state index contributed by atoms with van der Waals surface area (Å²) in [6.07, 6.45) is 6.86. The number of aliphatic hydroxyl groups excluding tert-OH is 1. The summed E-state index contributed by atoms with van der Waals surface area (Å²) in [5.41, 5.74) is 3.90. The van der Waals surface area contributed by atoms with Gasteiger partial charge in [0.25, 0.3) is 0 Å². The third-order valence-corrected chi connectivity index (χ3v) is 3.56. The van der Waals surface area contributed by atoms with Crippen LogP contribution in [0.5, 0.6) is 0 Å². The average molecular weight is 204 g/mol. The molecule has 1 fully saturated rings. The molecule has 1 heteroatoms. The van der Waals surface area contributed by atoms with Gasteiger partial charge in [0.15, 0.2) is 0 Å². The molecule has 1 aromatic rings. The van der Waals surface area contributed by atoms with E-state index in [2.05, 4.69) is 25.1 Å². The van der Waals surface area contributed by atoms with E-state index in [4.69, 9.17) is 5.11 Å². The van der Waals surface area contributed by atoms with Crippen molar-refractivity contribution in [1.29, 1.82) is 0 Å². The Balaban J connectivity index is 2.19. The molecule has 0 heterocycles. The van der Waals surface area contributed by atoms with E-state index in [-0.39, 0.29) is 6.61 Å². The molecule has 15 heavy (non-hydrogen) atoms. The van der Waals surface area contributed by atoms with Gasteiger partial charge in [0, 0.05) is 0 Å². The maximum atomic E-state index is 9.06. The summed E-state index contributed by atoms with van der Waals surface area (Å²) in [6, 6.07) is 6.41.